The number of hydrogen-bond acceptors (Lipinski definition) is 12. The third-order valence-electron chi connectivity index (χ3n) is 10.9. The van der Waals surface area contributed by atoms with E-state index in [4.69, 9.17) is 46.6 Å². The van der Waals surface area contributed by atoms with E-state index in [-0.39, 0.29) is 58.1 Å². The lowest BCUT2D eigenvalue weighted by molar-refractivity contribution is -0.230. The summed E-state index contributed by atoms with van der Waals surface area (Å²) in [5.41, 5.74) is 3.67. The van der Waals surface area contributed by atoms with Gasteiger partial charge in [-0.05, 0) is 40.4 Å². The molecule has 2 N–H and O–H groups in total. The van der Waals surface area contributed by atoms with Crippen LogP contribution < -0.4 is 0 Å². The molecule has 13 nitrogen and oxygen atoms in total. The molecule has 4 aromatic carbocycles. The predicted molar refractivity (Wildman–Crippen MR) is 233 cm³/mol. The van der Waals surface area contributed by atoms with Gasteiger partial charge in [0.05, 0.1) is 46.2 Å². The number of aliphatic hydroxyl groups is 1. The molecular formula is C46H63O13PSi. The van der Waals surface area contributed by atoms with Gasteiger partial charge in [0.2, 0.25) is 0 Å². The van der Waals surface area contributed by atoms with Crippen LogP contribution in [-0.2, 0) is 77.6 Å². The highest BCUT2D eigenvalue weighted by Crippen LogP contribution is 2.47. The Kier molecular flexibility index (Phi) is 19.3. The van der Waals surface area contributed by atoms with E-state index >= 15 is 0 Å². The molecule has 5 rings (SSSR count). The van der Waals surface area contributed by atoms with Crippen LogP contribution in [0.3, 0.4) is 0 Å². The zero-order valence-corrected chi connectivity index (χ0v) is 38.0. The summed E-state index contributed by atoms with van der Waals surface area (Å²) in [6.07, 6.45) is -6.92. The fourth-order valence-electron chi connectivity index (χ4n) is 6.28. The standard InChI is InChI=1S/C46H63O13PSi/c1-46(2,3)61(5,6)57-33-41-43(59-60(48,49)50-4)44(56-34-51-28-35-19-11-7-12-20-35)45(58-41)55-32-40(53-30-37-23-15-9-16-24-37)42(54-31-38-25-17-10-18-26-38)39(27-47)52-29-36-21-13-8-14-22-36/h7-26,39-45,47H,27-34H2,1-6H3,(H,48,49)/t39-,40+,41-,42-,43-,44-,45-/m1/s1. The molecule has 1 saturated heterocycles. The van der Waals surface area contributed by atoms with Gasteiger partial charge in [-0.15, -0.1) is 0 Å². The van der Waals surface area contributed by atoms with Gasteiger partial charge in [-0.25, -0.2) is 4.57 Å². The van der Waals surface area contributed by atoms with E-state index in [9.17, 15) is 14.6 Å². The second-order valence-corrected chi connectivity index (χ2v) is 22.7. The van der Waals surface area contributed by atoms with Crippen LogP contribution in [0.1, 0.15) is 43.0 Å². The second kappa shape index (κ2) is 24.1. The zero-order chi connectivity index (χ0) is 43.7. The number of benzene rings is 4. The molecule has 0 spiro atoms. The lowest BCUT2D eigenvalue weighted by atomic mass is 10.1. The minimum absolute atomic E-state index is 0.0200. The van der Waals surface area contributed by atoms with E-state index < -0.39 is 59.1 Å². The van der Waals surface area contributed by atoms with Crippen LogP contribution >= 0.6 is 7.82 Å². The first kappa shape index (κ1) is 48.9. The highest BCUT2D eigenvalue weighted by Gasteiger charge is 2.52. The first-order chi connectivity index (χ1) is 29.3. The average Bonchev–Trinajstić information content (AvgIpc) is 3.58. The molecule has 0 saturated carbocycles. The van der Waals surface area contributed by atoms with Crippen LogP contribution in [-0.4, -0.2) is 95.0 Å². The molecule has 61 heavy (non-hydrogen) atoms. The van der Waals surface area contributed by atoms with Crippen molar-refractivity contribution in [3.63, 3.8) is 0 Å². The van der Waals surface area contributed by atoms with E-state index in [1.807, 2.05) is 121 Å². The molecule has 8 atom stereocenters. The maximum absolute atomic E-state index is 13.1. The monoisotopic (exact) mass is 882 g/mol. The summed E-state index contributed by atoms with van der Waals surface area (Å²) < 4.78 is 75.2. The summed E-state index contributed by atoms with van der Waals surface area (Å²) in [4.78, 5) is 10.6. The van der Waals surface area contributed by atoms with Crippen LogP contribution in [0.4, 0.5) is 0 Å². The van der Waals surface area contributed by atoms with Gasteiger partial charge in [-0.1, -0.05) is 142 Å². The fraction of sp³-hybridized carbons (Fsp3) is 0.478. The molecule has 1 aliphatic rings. The maximum Gasteiger partial charge on any atom is 0.472 e. The van der Waals surface area contributed by atoms with Crippen molar-refractivity contribution >= 4 is 16.1 Å². The highest BCUT2D eigenvalue weighted by molar-refractivity contribution is 7.47. The van der Waals surface area contributed by atoms with Crippen LogP contribution in [0.15, 0.2) is 121 Å². The molecule has 0 amide bonds. The van der Waals surface area contributed by atoms with Crippen LogP contribution in [0.25, 0.3) is 0 Å². The van der Waals surface area contributed by atoms with Crippen molar-refractivity contribution in [2.45, 2.75) is 108 Å². The van der Waals surface area contributed by atoms with Gasteiger partial charge in [0, 0.05) is 7.11 Å². The molecule has 0 bridgehead atoms. The highest BCUT2D eigenvalue weighted by atomic mass is 31.2. The summed E-state index contributed by atoms with van der Waals surface area (Å²) in [6, 6.07) is 38.6. The Morgan fingerprint density at radius 3 is 1.64 bits per heavy atom. The molecule has 1 fully saturated rings. The largest absolute Gasteiger partial charge is 0.472 e. The number of phosphoric ester groups is 1. The summed E-state index contributed by atoms with van der Waals surface area (Å²) in [6.45, 7) is 10.7. The van der Waals surface area contributed by atoms with Crippen molar-refractivity contribution in [1.29, 1.82) is 0 Å². The molecular weight excluding hydrogens is 820 g/mol. The van der Waals surface area contributed by atoms with Crippen molar-refractivity contribution < 1.29 is 61.2 Å². The van der Waals surface area contributed by atoms with Gasteiger partial charge in [0.25, 0.3) is 0 Å². The Hall–Kier alpha value is -3.15. The molecule has 4 aromatic rings. The minimum atomic E-state index is -4.58. The third-order valence-corrected chi connectivity index (χ3v) is 16.3. The van der Waals surface area contributed by atoms with Crippen LogP contribution in [0.2, 0.25) is 18.1 Å². The smallest absolute Gasteiger partial charge is 0.414 e. The molecule has 1 unspecified atom stereocenters. The molecule has 0 aromatic heterocycles. The summed E-state index contributed by atoms with van der Waals surface area (Å²) >= 11 is 0. The Balaban J connectivity index is 1.44. The number of rotatable bonds is 26. The quantitative estimate of drug-likeness (QED) is 0.0270. The second-order valence-electron chi connectivity index (χ2n) is 16.4. The van der Waals surface area contributed by atoms with Crippen molar-refractivity contribution in [1.82, 2.24) is 0 Å². The predicted octanol–water partition coefficient (Wildman–Crippen LogP) is 8.19. The Morgan fingerprint density at radius 1 is 0.689 bits per heavy atom. The summed E-state index contributed by atoms with van der Waals surface area (Å²) in [5, 5.41) is 10.7. The van der Waals surface area contributed by atoms with Crippen molar-refractivity contribution in [3.8, 4) is 0 Å². The Bertz CT molecular complexity index is 1850. The number of hydrogen-bond donors (Lipinski definition) is 2. The minimum Gasteiger partial charge on any atom is -0.414 e. The normalized spacial score (nSPS) is 20.9. The summed E-state index contributed by atoms with van der Waals surface area (Å²) in [7, 11) is -5.84. The van der Waals surface area contributed by atoms with Crippen LogP contribution in [0, 0.1) is 0 Å². The Labute approximate surface area is 361 Å². The molecule has 0 aliphatic carbocycles. The molecule has 0 radical (unpaired) electrons. The number of aliphatic hydroxyl groups excluding tert-OH is 1. The van der Waals surface area contributed by atoms with E-state index in [1.165, 1.54) is 0 Å². The van der Waals surface area contributed by atoms with Gasteiger partial charge >= 0.3 is 7.82 Å². The van der Waals surface area contributed by atoms with Gasteiger partial charge < -0.3 is 47.6 Å². The average molecular weight is 883 g/mol. The lowest BCUT2D eigenvalue weighted by Gasteiger charge is -2.37. The SMILES string of the molecule is COP(=O)(O)O[C@H]1[C@@H](OCOCc2ccccc2)[C@H](OC[C@H](OCc2ccccc2)[C@H](OCc2ccccc2)[C@@H](CO)OCc2ccccc2)O[C@@H]1CO[Si](C)(C)C(C)(C)C. The van der Waals surface area contributed by atoms with E-state index in [2.05, 4.69) is 33.9 Å². The molecule has 1 heterocycles. The van der Waals surface area contributed by atoms with Gasteiger partial charge in [0.15, 0.2) is 14.6 Å². The van der Waals surface area contributed by atoms with Crippen molar-refractivity contribution in [2.75, 3.05) is 33.7 Å². The van der Waals surface area contributed by atoms with Gasteiger partial charge in [0.1, 0.15) is 43.4 Å². The molecule has 15 heteroatoms. The number of phosphoric acid groups is 1. The lowest BCUT2D eigenvalue weighted by Crippen LogP contribution is -2.48. The van der Waals surface area contributed by atoms with Gasteiger partial charge in [-0.2, -0.15) is 0 Å². The zero-order valence-electron chi connectivity index (χ0n) is 36.1. The fourth-order valence-corrected chi connectivity index (χ4v) is 7.95. The van der Waals surface area contributed by atoms with E-state index in [0.717, 1.165) is 29.4 Å². The van der Waals surface area contributed by atoms with Crippen molar-refractivity contribution in [2.24, 2.45) is 0 Å². The van der Waals surface area contributed by atoms with Crippen LogP contribution in [0.5, 0.6) is 0 Å². The number of ether oxygens (including phenoxy) is 7. The van der Waals surface area contributed by atoms with Gasteiger partial charge in [-0.3, -0.25) is 9.05 Å². The molecule has 334 valence electrons. The Morgan fingerprint density at radius 2 is 1.16 bits per heavy atom. The maximum atomic E-state index is 13.1. The summed E-state index contributed by atoms with van der Waals surface area (Å²) in [5.74, 6) is 0. The molecule has 1 aliphatic heterocycles. The first-order valence-electron chi connectivity index (χ1n) is 20.6. The van der Waals surface area contributed by atoms with Crippen molar-refractivity contribution in [3.05, 3.63) is 144 Å². The third kappa shape index (κ3) is 15.6. The topological polar surface area (TPSA) is 150 Å². The first-order valence-corrected chi connectivity index (χ1v) is 25.0. The van der Waals surface area contributed by atoms with E-state index in [1.54, 1.807) is 0 Å². The van der Waals surface area contributed by atoms with E-state index in [0.29, 0.717) is 0 Å².